The number of halogens is 4. The number of amides is 2. The van der Waals surface area contributed by atoms with Gasteiger partial charge in [0, 0.05) is 18.4 Å². The van der Waals surface area contributed by atoms with E-state index >= 15 is 0 Å². The zero-order valence-electron chi connectivity index (χ0n) is 21.9. The lowest BCUT2D eigenvalue weighted by Gasteiger charge is -2.22. The van der Waals surface area contributed by atoms with Gasteiger partial charge in [0.1, 0.15) is 31.0 Å². The van der Waals surface area contributed by atoms with Crippen molar-refractivity contribution in [2.45, 2.75) is 37.8 Å². The topological polar surface area (TPSA) is 91.1 Å². The fourth-order valence-corrected chi connectivity index (χ4v) is 5.00. The molecule has 1 fully saturated rings. The van der Waals surface area contributed by atoms with Crippen molar-refractivity contribution in [3.8, 4) is 11.5 Å². The van der Waals surface area contributed by atoms with Crippen molar-refractivity contribution in [1.82, 2.24) is 10.1 Å². The lowest BCUT2D eigenvalue weighted by atomic mass is 9.91. The summed E-state index contributed by atoms with van der Waals surface area (Å²) in [5.74, 6) is -0.841. The molecule has 12 heteroatoms. The molecule has 0 bridgehead atoms. The van der Waals surface area contributed by atoms with Gasteiger partial charge < -0.3 is 18.7 Å². The molecule has 0 spiro atoms. The first-order valence-corrected chi connectivity index (χ1v) is 13.7. The molecule has 5 rings (SSSR count). The van der Waals surface area contributed by atoms with Crippen molar-refractivity contribution in [2.24, 2.45) is 0 Å². The Kier molecular flexibility index (Phi) is 8.81. The SMILES string of the molecule is O=C(C[C@@H](c1ccc(OCc2ccc(Br)c(OC(F)(F)F)c2)cc1)c1ccon1)N1C(=O)OC[C@@H]1Cc1ccccc1. The van der Waals surface area contributed by atoms with Crippen molar-refractivity contribution >= 4 is 27.9 Å². The molecule has 2 amide bonds. The molecule has 4 aromatic rings. The minimum Gasteiger partial charge on any atom is -0.489 e. The Bertz CT molecular complexity index is 1510. The molecule has 1 aromatic heterocycles. The molecular weight excluding hydrogens is 621 g/mol. The largest absolute Gasteiger partial charge is 0.573 e. The predicted molar refractivity (Wildman–Crippen MR) is 147 cm³/mol. The van der Waals surface area contributed by atoms with Crippen molar-refractivity contribution in [1.29, 1.82) is 0 Å². The van der Waals surface area contributed by atoms with E-state index < -0.39 is 30.3 Å². The molecule has 1 saturated heterocycles. The Morgan fingerprint density at radius 1 is 1.05 bits per heavy atom. The molecule has 218 valence electrons. The Morgan fingerprint density at radius 3 is 2.50 bits per heavy atom. The highest BCUT2D eigenvalue weighted by molar-refractivity contribution is 9.10. The van der Waals surface area contributed by atoms with Gasteiger partial charge in [0.2, 0.25) is 5.91 Å². The molecule has 0 N–H and O–H groups in total. The van der Waals surface area contributed by atoms with E-state index in [0.717, 1.165) is 11.1 Å². The van der Waals surface area contributed by atoms with Gasteiger partial charge >= 0.3 is 12.5 Å². The molecule has 2 atom stereocenters. The van der Waals surface area contributed by atoms with E-state index in [4.69, 9.17) is 14.0 Å². The molecule has 3 aromatic carbocycles. The molecule has 1 aliphatic rings. The van der Waals surface area contributed by atoms with E-state index in [1.54, 1.807) is 36.4 Å². The summed E-state index contributed by atoms with van der Waals surface area (Å²) in [4.78, 5) is 27.2. The average molecular weight is 645 g/mol. The van der Waals surface area contributed by atoms with Gasteiger partial charge in [-0.3, -0.25) is 4.79 Å². The summed E-state index contributed by atoms with van der Waals surface area (Å²) in [5.41, 5.74) is 2.68. The monoisotopic (exact) mass is 644 g/mol. The zero-order valence-corrected chi connectivity index (χ0v) is 23.5. The van der Waals surface area contributed by atoms with Crippen molar-refractivity contribution in [3.05, 3.63) is 112 Å². The highest BCUT2D eigenvalue weighted by Crippen LogP contribution is 2.33. The summed E-state index contributed by atoms with van der Waals surface area (Å²) < 4.78 is 58.2. The smallest absolute Gasteiger partial charge is 0.489 e. The number of carbonyl (C=O) groups is 2. The van der Waals surface area contributed by atoms with Crippen LogP contribution in [-0.2, 0) is 22.6 Å². The van der Waals surface area contributed by atoms with Gasteiger partial charge in [0.05, 0.1) is 16.2 Å². The van der Waals surface area contributed by atoms with Gasteiger partial charge in [0.25, 0.3) is 0 Å². The number of nitrogens with zero attached hydrogens (tertiary/aromatic N) is 2. The Morgan fingerprint density at radius 2 is 1.81 bits per heavy atom. The third-order valence-electron chi connectivity index (χ3n) is 6.65. The van der Waals surface area contributed by atoms with Crippen LogP contribution < -0.4 is 9.47 Å². The number of hydrogen-bond acceptors (Lipinski definition) is 7. The summed E-state index contributed by atoms with van der Waals surface area (Å²) >= 11 is 3.05. The Hall–Kier alpha value is -4.32. The van der Waals surface area contributed by atoms with E-state index in [1.807, 2.05) is 30.3 Å². The van der Waals surface area contributed by atoms with Gasteiger partial charge in [-0.15, -0.1) is 13.2 Å². The number of cyclic esters (lactones) is 1. The van der Waals surface area contributed by atoms with Crippen LogP contribution in [0.3, 0.4) is 0 Å². The predicted octanol–water partition coefficient (Wildman–Crippen LogP) is 7.03. The fraction of sp³-hybridized carbons (Fsp3) is 0.233. The number of rotatable bonds is 10. The van der Waals surface area contributed by atoms with Crippen molar-refractivity contribution < 1.29 is 41.5 Å². The Labute approximate surface area is 247 Å². The van der Waals surface area contributed by atoms with Crippen LogP contribution in [0, 0.1) is 0 Å². The number of benzene rings is 3. The third-order valence-corrected chi connectivity index (χ3v) is 7.30. The van der Waals surface area contributed by atoms with E-state index in [9.17, 15) is 22.8 Å². The fourth-order valence-electron chi connectivity index (χ4n) is 4.67. The molecule has 0 aliphatic carbocycles. The van der Waals surface area contributed by atoms with Gasteiger partial charge in [-0.25, -0.2) is 9.69 Å². The lowest BCUT2D eigenvalue weighted by Crippen LogP contribution is -2.40. The standard InChI is InChI=1S/C30H24BrF3N2O6/c31-25-11-6-20(15-27(25)42-30(32,33)34)17-39-23-9-7-21(8-10-23)24(26-12-13-41-35-26)16-28(37)36-22(18-40-29(36)38)14-19-4-2-1-3-5-19/h1-13,15,22,24H,14,16-18H2/t22-,24-/m0/s1. The van der Waals surface area contributed by atoms with Gasteiger partial charge in [-0.2, -0.15) is 0 Å². The van der Waals surface area contributed by atoms with Crippen LogP contribution in [0.4, 0.5) is 18.0 Å². The number of hydrogen-bond donors (Lipinski definition) is 0. The van der Waals surface area contributed by atoms with E-state index in [1.165, 1.54) is 23.3 Å². The van der Waals surface area contributed by atoms with Crippen LogP contribution >= 0.6 is 15.9 Å². The number of alkyl halides is 3. The van der Waals surface area contributed by atoms with E-state index in [0.29, 0.717) is 23.4 Å². The molecule has 0 radical (unpaired) electrons. The molecule has 0 saturated carbocycles. The van der Waals surface area contributed by atoms with Gasteiger partial charge in [-0.05, 0) is 63.3 Å². The second kappa shape index (κ2) is 12.7. The minimum atomic E-state index is -4.82. The quantitative estimate of drug-likeness (QED) is 0.183. The zero-order chi connectivity index (χ0) is 29.7. The molecule has 8 nitrogen and oxygen atoms in total. The highest BCUT2D eigenvalue weighted by atomic mass is 79.9. The van der Waals surface area contributed by atoms with Crippen LogP contribution in [0.15, 0.2) is 94.1 Å². The summed E-state index contributed by atoms with van der Waals surface area (Å²) in [6.45, 7) is 0.105. The van der Waals surface area contributed by atoms with Gasteiger partial charge in [0.15, 0.2) is 0 Å². The first-order valence-electron chi connectivity index (χ1n) is 12.9. The first-order chi connectivity index (χ1) is 20.2. The summed E-state index contributed by atoms with van der Waals surface area (Å²) in [7, 11) is 0. The molecular formula is C30H24BrF3N2O6. The van der Waals surface area contributed by atoms with Crippen LogP contribution in [0.25, 0.3) is 0 Å². The second-order valence-corrected chi connectivity index (χ2v) is 10.4. The first kappa shape index (κ1) is 29.2. The van der Waals surface area contributed by atoms with Crippen LogP contribution in [0.2, 0.25) is 0 Å². The lowest BCUT2D eigenvalue weighted by molar-refractivity contribution is -0.274. The van der Waals surface area contributed by atoms with Gasteiger partial charge in [-0.1, -0.05) is 53.7 Å². The van der Waals surface area contributed by atoms with Crippen LogP contribution in [0.5, 0.6) is 11.5 Å². The Balaban J connectivity index is 1.27. The molecule has 0 unspecified atom stereocenters. The third kappa shape index (κ3) is 7.30. The minimum absolute atomic E-state index is 0.00802. The molecule has 1 aliphatic heterocycles. The average Bonchev–Trinajstić information content (AvgIpc) is 3.62. The maximum absolute atomic E-state index is 13.5. The van der Waals surface area contributed by atoms with Crippen LogP contribution in [-0.4, -0.2) is 41.1 Å². The van der Waals surface area contributed by atoms with Crippen LogP contribution in [0.1, 0.15) is 34.7 Å². The van der Waals surface area contributed by atoms with E-state index in [-0.39, 0.29) is 29.9 Å². The number of ether oxygens (including phenoxy) is 3. The van der Waals surface area contributed by atoms with Crippen molar-refractivity contribution in [3.63, 3.8) is 0 Å². The second-order valence-electron chi connectivity index (χ2n) is 9.54. The number of carbonyl (C=O) groups excluding carboxylic acids is 2. The maximum atomic E-state index is 13.5. The van der Waals surface area contributed by atoms with Crippen molar-refractivity contribution in [2.75, 3.05) is 6.61 Å². The summed E-state index contributed by atoms with van der Waals surface area (Å²) in [6.07, 6.45) is -3.69. The number of imide groups is 1. The highest BCUT2D eigenvalue weighted by Gasteiger charge is 2.39. The summed E-state index contributed by atoms with van der Waals surface area (Å²) in [5, 5.41) is 4.03. The number of aromatic nitrogens is 1. The molecule has 42 heavy (non-hydrogen) atoms. The molecule has 2 heterocycles. The summed E-state index contributed by atoms with van der Waals surface area (Å²) in [6, 6.07) is 21.9. The van der Waals surface area contributed by atoms with E-state index in [2.05, 4.69) is 25.8 Å². The maximum Gasteiger partial charge on any atom is 0.573 e. The normalized spacial score (nSPS) is 15.8.